The van der Waals surface area contributed by atoms with E-state index in [2.05, 4.69) is 41.9 Å². The predicted octanol–water partition coefficient (Wildman–Crippen LogP) is 3.22. The molecule has 2 aromatic heterocycles. The fourth-order valence-electron chi connectivity index (χ4n) is 2.15. The van der Waals surface area contributed by atoms with Gasteiger partial charge in [-0.25, -0.2) is 0 Å². The smallest absolute Gasteiger partial charge is 0.120 e. The second-order valence-corrected chi connectivity index (χ2v) is 4.85. The molecule has 0 bridgehead atoms. The number of nitrogens with one attached hydrogen (secondary N) is 1. The fourth-order valence-corrected chi connectivity index (χ4v) is 2.15. The minimum Gasteiger partial charge on any atom is -0.465 e. The SMILES string of the molecule is CCc1cc(CNC(C)c2ccc(C)o2)n(CC)n1. The number of hydrogen-bond acceptors (Lipinski definition) is 3. The third-order valence-corrected chi connectivity index (χ3v) is 3.35. The van der Waals surface area contributed by atoms with Crippen molar-refractivity contribution < 1.29 is 4.42 Å². The van der Waals surface area contributed by atoms with E-state index in [1.807, 2.05) is 19.1 Å². The summed E-state index contributed by atoms with van der Waals surface area (Å²) in [6, 6.07) is 6.41. The Labute approximate surface area is 114 Å². The van der Waals surface area contributed by atoms with Crippen LogP contribution in [0.3, 0.4) is 0 Å². The molecular formula is C15H23N3O. The molecule has 0 aliphatic heterocycles. The summed E-state index contributed by atoms with van der Waals surface area (Å²) in [6.45, 7) is 10.1. The van der Waals surface area contributed by atoms with Crippen LogP contribution in [0.25, 0.3) is 0 Å². The number of nitrogens with zero attached hydrogens (tertiary/aromatic N) is 2. The summed E-state index contributed by atoms with van der Waals surface area (Å²) in [5, 5.41) is 8.04. The van der Waals surface area contributed by atoms with E-state index < -0.39 is 0 Å². The minimum atomic E-state index is 0.207. The fraction of sp³-hybridized carbons (Fsp3) is 0.533. The average Bonchev–Trinajstić information content (AvgIpc) is 3.01. The third kappa shape index (κ3) is 3.26. The molecule has 0 fully saturated rings. The molecule has 0 saturated heterocycles. The highest BCUT2D eigenvalue weighted by Crippen LogP contribution is 2.16. The standard InChI is InChI=1S/C15H23N3O/c1-5-13-9-14(18(6-2)17-13)10-16-12(4)15-8-7-11(3)19-15/h7-9,12,16H,5-6,10H2,1-4H3. The van der Waals surface area contributed by atoms with E-state index in [0.717, 1.165) is 36.7 Å². The molecule has 2 heterocycles. The molecular weight excluding hydrogens is 238 g/mol. The van der Waals surface area contributed by atoms with Crippen LogP contribution in [0.5, 0.6) is 0 Å². The lowest BCUT2D eigenvalue weighted by Gasteiger charge is -2.12. The highest BCUT2D eigenvalue weighted by atomic mass is 16.3. The van der Waals surface area contributed by atoms with E-state index in [4.69, 9.17) is 4.42 Å². The van der Waals surface area contributed by atoms with Crippen molar-refractivity contribution in [1.82, 2.24) is 15.1 Å². The summed E-state index contributed by atoms with van der Waals surface area (Å²) in [5.41, 5.74) is 2.38. The van der Waals surface area contributed by atoms with Crippen LogP contribution >= 0.6 is 0 Å². The van der Waals surface area contributed by atoms with Crippen molar-refractivity contribution in [2.24, 2.45) is 0 Å². The van der Waals surface area contributed by atoms with Crippen molar-refractivity contribution in [2.75, 3.05) is 0 Å². The Morgan fingerprint density at radius 1 is 1.37 bits per heavy atom. The van der Waals surface area contributed by atoms with Gasteiger partial charge in [-0.1, -0.05) is 6.92 Å². The number of hydrogen-bond donors (Lipinski definition) is 1. The van der Waals surface area contributed by atoms with Gasteiger partial charge in [0.05, 0.1) is 17.4 Å². The molecule has 1 atom stereocenters. The first-order chi connectivity index (χ1) is 9.13. The average molecular weight is 261 g/mol. The van der Waals surface area contributed by atoms with Gasteiger partial charge in [-0.15, -0.1) is 0 Å². The highest BCUT2D eigenvalue weighted by Gasteiger charge is 2.11. The van der Waals surface area contributed by atoms with Crippen LogP contribution in [0, 0.1) is 6.92 Å². The van der Waals surface area contributed by atoms with Crippen molar-refractivity contribution in [3.05, 3.63) is 41.1 Å². The van der Waals surface area contributed by atoms with Gasteiger partial charge in [-0.2, -0.15) is 5.10 Å². The van der Waals surface area contributed by atoms with Gasteiger partial charge in [-0.3, -0.25) is 4.68 Å². The highest BCUT2D eigenvalue weighted by molar-refractivity contribution is 5.12. The van der Waals surface area contributed by atoms with E-state index in [0.29, 0.717) is 0 Å². The molecule has 2 aromatic rings. The quantitative estimate of drug-likeness (QED) is 0.868. The first-order valence-corrected chi connectivity index (χ1v) is 6.99. The van der Waals surface area contributed by atoms with E-state index in [9.17, 15) is 0 Å². The maximum Gasteiger partial charge on any atom is 0.120 e. The maximum absolute atomic E-state index is 5.63. The zero-order valence-electron chi connectivity index (χ0n) is 12.2. The van der Waals surface area contributed by atoms with Gasteiger partial charge >= 0.3 is 0 Å². The van der Waals surface area contributed by atoms with E-state index >= 15 is 0 Å². The zero-order chi connectivity index (χ0) is 13.8. The summed E-state index contributed by atoms with van der Waals surface area (Å²) in [7, 11) is 0. The lowest BCUT2D eigenvalue weighted by atomic mass is 10.2. The van der Waals surface area contributed by atoms with Gasteiger partial charge < -0.3 is 9.73 Å². The molecule has 4 heteroatoms. The molecule has 0 aromatic carbocycles. The molecule has 0 saturated carbocycles. The molecule has 1 N–H and O–H groups in total. The molecule has 1 unspecified atom stereocenters. The lowest BCUT2D eigenvalue weighted by Crippen LogP contribution is -2.19. The van der Waals surface area contributed by atoms with Gasteiger partial charge in [0, 0.05) is 13.1 Å². The molecule has 19 heavy (non-hydrogen) atoms. The van der Waals surface area contributed by atoms with Crippen LogP contribution < -0.4 is 5.32 Å². The summed E-state index contributed by atoms with van der Waals surface area (Å²) >= 11 is 0. The Hall–Kier alpha value is -1.55. The Morgan fingerprint density at radius 2 is 2.16 bits per heavy atom. The molecule has 0 aliphatic carbocycles. The molecule has 104 valence electrons. The van der Waals surface area contributed by atoms with Crippen LogP contribution in [-0.2, 0) is 19.5 Å². The summed E-state index contributed by atoms with van der Waals surface area (Å²) < 4.78 is 7.69. The van der Waals surface area contributed by atoms with Crippen LogP contribution in [-0.4, -0.2) is 9.78 Å². The van der Waals surface area contributed by atoms with Crippen molar-refractivity contribution >= 4 is 0 Å². The van der Waals surface area contributed by atoms with Gasteiger partial charge in [0.25, 0.3) is 0 Å². The van der Waals surface area contributed by atoms with Crippen LogP contribution in [0.2, 0.25) is 0 Å². The number of aromatic nitrogens is 2. The second-order valence-electron chi connectivity index (χ2n) is 4.85. The van der Waals surface area contributed by atoms with Crippen molar-refractivity contribution in [3.8, 4) is 0 Å². The van der Waals surface area contributed by atoms with Gasteiger partial charge in [0.15, 0.2) is 0 Å². The molecule has 0 amide bonds. The summed E-state index contributed by atoms with van der Waals surface area (Å²) in [5.74, 6) is 1.94. The largest absolute Gasteiger partial charge is 0.465 e. The maximum atomic E-state index is 5.63. The minimum absolute atomic E-state index is 0.207. The molecule has 2 rings (SSSR count). The number of furan rings is 1. The predicted molar refractivity (Wildman–Crippen MR) is 76.0 cm³/mol. The van der Waals surface area contributed by atoms with Crippen molar-refractivity contribution in [2.45, 2.75) is 53.2 Å². The van der Waals surface area contributed by atoms with Gasteiger partial charge in [0.2, 0.25) is 0 Å². The van der Waals surface area contributed by atoms with Crippen LogP contribution in [0.1, 0.15) is 49.7 Å². The first-order valence-electron chi connectivity index (χ1n) is 6.99. The van der Waals surface area contributed by atoms with Gasteiger partial charge in [0.1, 0.15) is 11.5 Å². The summed E-state index contributed by atoms with van der Waals surface area (Å²) in [4.78, 5) is 0. The van der Waals surface area contributed by atoms with Crippen LogP contribution in [0.15, 0.2) is 22.6 Å². The van der Waals surface area contributed by atoms with E-state index in [-0.39, 0.29) is 6.04 Å². The Balaban J connectivity index is 2.00. The van der Waals surface area contributed by atoms with Crippen molar-refractivity contribution in [1.29, 1.82) is 0 Å². The van der Waals surface area contributed by atoms with Crippen LogP contribution in [0.4, 0.5) is 0 Å². The Kier molecular flexibility index (Phi) is 4.43. The van der Waals surface area contributed by atoms with E-state index in [1.54, 1.807) is 0 Å². The molecule has 4 nitrogen and oxygen atoms in total. The Morgan fingerprint density at radius 3 is 2.74 bits per heavy atom. The second kappa shape index (κ2) is 6.06. The summed E-state index contributed by atoms with van der Waals surface area (Å²) in [6.07, 6.45) is 0.979. The normalized spacial score (nSPS) is 12.8. The number of rotatable bonds is 6. The Bertz CT molecular complexity index is 527. The first kappa shape index (κ1) is 13.9. The monoisotopic (exact) mass is 261 g/mol. The molecule has 0 aliphatic rings. The van der Waals surface area contributed by atoms with E-state index in [1.165, 1.54) is 5.69 Å². The zero-order valence-corrected chi connectivity index (χ0v) is 12.2. The van der Waals surface area contributed by atoms with Gasteiger partial charge in [-0.05, 0) is 45.4 Å². The van der Waals surface area contributed by atoms with Crippen molar-refractivity contribution in [3.63, 3.8) is 0 Å². The molecule has 0 radical (unpaired) electrons. The third-order valence-electron chi connectivity index (χ3n) is 3.35. The molecule has 0 spiro atoms. The topological polar surface area (TPSA) is 43.0 Å². The lowest BCUT2D eigenvalue weighted by molar-refractivity contribution is 0.411. The number of aryl methyl sites for hydroxylation is 3.